The highest BCUT2D eigenvalue weighted by Gasteiger charge is 2.49. The molecule has 2 rings (SSSR count). The third-order valence-electron chi connectivity index (χ3n) is 4.03. The molecule has 3 nitrogen and oxygen atoms in total. The molecule has 1 saturated heterocycles. The zero-order valence-corrected chi connectivity index (χ0v) is 13.1. The molecule has 1 aliphatic heterocycles. The number of anilines is 1. The van der Waals surface area contributed by atoms with Crippen molar-refractivity contribution < 1.29 is 9.59 Å². The largest absolute Gasteiger partial charge is 0.274 e. The van der Waals surface area contributed by atoms with Gasteiger partial charge in [-0.05, 0) is 43.5 Å². The van der Waals surface area contributed by atoms with Crippen molar-refractivity contribution in [2.24, 2.45) is 5.41 Å². The van der Waals surface area contributed by atoms with Crippen LogP contribution in [0, 0.1) is 12.3 Å². The maximum absolute atomic E-state index is 12.6. The van der Waals surface area contributed by atoms with Gasteiger partial charge < -0.3 is 0 Å². The first kappa shape index (κ1) is 14.3. The molecule has 0 aliphatic carbocycles. The van der Waals surface area contributed by atoms with Crippen LogP contribution in [-0.2, 0) is 9.59 Å². The molecule has 4 heteroatoms. The van der Waals surface area contributed by atoms with Crippen LogP contribution in [0.3, 0.4) is 0 Å². The lowest BCUT2D eigenvalue weighted by Crippen LogP contribution is -2.35. The lowest BCUT2D eigenvalue weighted by atomic mass is 9.81. The zero-order chi connectivity index (χ0) is 14.2. The van der Waals surface area contributed by atoms with Crippen molar-refractivity contribution in [3.63, 3.8) is 0 Å². The van der Waals surface area contributed by atoms with E-state index >= 15 is 0 Å². The van der Waals surface area contributed by atoms with Crippen molar-refractivity contribution in [1.29, 1.82) is 0 Å². The second kappa shape index (κ2) is 5.08. The number of nitrogens with zero attached hydrogens (tertiary/aromatic N) is 1. The number of amides is 2. The summed E-state index contributed by atoms with van der Waals surface area (Å²) in [6.45, 7) is 5.90. The Morgan fingerprint density at radius 1 is 1.21 bits per heavy atom. The van der Waals surface area contributed by atoms with Gasteiger partial charge in [-0.1, -0.05) is 29.8 Å². The summed E-state index contributed by atoms with van der Waals surface area (Å²) in [5.74, 6) is -0.147. The fourth-order valence-electron chi connectivity index (χ4n) is 2.70. The molecule has 1 aliphatic rings. The maximum atomic E-state index is 12.6. The topological polar surface area (TPSA) is 37.4 Å². The summed E-state index contributed by atoms with van der Waals surface area (Å²) in [5.41, 5.74) is 1.19. The summed E-state index contributed by atoms with van der Waals surface area (Å²) in [5, 5.41) is 0. The number of rotatable bonds is 3. The van der Waals surface area contributed by atoms with E-state index in [2.05, 4.69) is 15.9 Å². The molecule has 1 aromatic carbocycles. The minimum atomic E-state index is -0.507. The van der Waals surface area contributed by atoms with Crippen molar-refractivity contribution in [2.45, 2.75) is 40.0 Å². The lowest BCUT2D eigenvalue weighted by Gasteiger charge is -2.23. The Labute approximate surface area is 122 Å². The number of carbonyl (C=O) groups is 2. The van der Waals surface area contributed by atoms with Crippen LogP contribution in [0.5, 0.6) is 0 Å². The van der Waals surface area contributed by atoms with Gasteiger partial charge in [0.1, 0.15) is 0 Å². The van der Waals surface area contributed by atoms with Crippen molar-refractivity contribution in [3.8, 4) is 0 Å². The van der Waals surface area contributed by atoms with Crippen LogP contribution >= 0.6 is 15.9 Å². The van der Waals surface area contributed by atoms with Crippen LogP contribution in [0.4, 0.5) is 5.69 Å². The van der Waals surface area contributed by atoms with E-state index in [1.807, 2.05) is 39.0 Å². The number of hydrogen-bond donors (Lipinski definition) is 0. The maximum Gasteiger partial charge on any atom is 0.240 e. The van der Waals surface area contributed by atoms with E-state index in [0.717, 1.165) is 10.0 Å². The van der Waals surface area contributed by atoms with Gasteiger partial charge in [0.05, 0.1) is 11.1 Å². The molecule has 0 N–H and O–H groups in total. The van der Waals surface area contributed by atoms with Gasteiger partial charge in [-0.15, -0.1) is 0 Å². The standard InChI is InChI=1S/C15H18BrNO2/c1-4-15(5-2)9-13(18)17(14(15)19)12-7-10(3)6-11(16)8-12/h6-8H,4-5,9H2,1-3H3. The fourth-order valence-corrected chi connectivity index (χ4v) is 3.30. The molecule has 0 bridgehead atoms. The molecule has 0 unspecified atom stereocenters. The van der Waals surface area contributed by atoms with Gasteiger partial charge >= 0.3 is 0 Å². The molecule has 102 valence electrons. The monoisotopic (exact) mass is 323 g/mol. The normalized spacial score (nSPS) is 18.2. The molecule has 0 radical (unpaired) electrons. The first-order valence-corrected chi connectivity index (χ1v) is 7.37. The van der Waals surface area contributed by atoms with Gasteiger partial charge in [-0.3, -0.25) is 14.5 Å². The molecule has 0 saturated carbocycles. The zero-order valence-electron chi connectivity index (χ0n) is 11.5. The number of halogens is 1. The summed E-state index contributed by atoms with van der Waals surface area (Å²) in [6, 6.07) is 5.66. The molecule has 1 heterocycles. The lowest BCUT2D eigenvalue weighted by molar-refractivity contribution is -0.126. The first-order valence-electron chi connectivity index (χ1n) is 6.58. The van der Waals surface area contributed by atoms with Crippen molar-refractivity contribution in [2.75, 3.05) is 4.90 Å². The SMILES string of the molecule is CCC1(CC)CC(=O)N(c2cc(C)cc(Br)c2)C1=O. The molecule has 2 amide bonds. The Morgan fingerprint density at radius 2 is 1.84 bits per heavy atom. The predicted octanol–water partition coefficient (Wildman–Crippen LogP) is 3.83. The van der Waals surface area contributed by atoms with E-state index in [9.17, 15) is 9.59 Å². The number of carbonyl (C=O) groups excluding carboxylic acids is 2. The molecule has 1 fully saturated rings. The van der Waals surface area contributed by atoms with E-state index in [0.29, 0.717) is 24.9 Å². The molecular formula is C15H18BrNO2. The van der Waals surface area contributed by atoms with Crippen LogP contribution < -0.4 is 4.90 Å². The van der Waals surface area contributed by atoms with Gasteiger partial charge in [-0.2, -0.15) is 0 Å². The Kier molecular flexibility index (Phi) is 3.81. The van der Waals surface area contributed by atoms with Crippen LogP contribution in [0.2, 0.25) is 0 Å². The number of aryl methyl sites for hydroxylation is 1. The van der Waals surface area contributed by atoms with Gasteiger partial charge in [0, 0.05) is 10.9 Å². The Morgan fingerprint density at radius 3 is 2.32 bits per heavy atom. The van der Waals surface area contributed by atoms with Crippen LogP contribution in [0.15, 0.2) is 22.7 Å². The van der Waals surface area contributed by atoms with Crippen molar-refractivity contribution >= 4 is 33.4 Å². The summed E-state index contributed by atoms with van der Waals surface area (Å²) in [7, 11) is 0. The quantitative estimate of drug-likeness (QED) is 0.793. The Balaban J connectivity index is 2.46. The summed E-state index contributed by atoms with van der Waals surface area (Å²) < 4.78 is 0.883. The highest BCUT2D eigenvalue weighted by atomic mass is 79.9. The van der Waals surface area contributed by atoms with Gasteiger partial charge in [0.2, 0.25) is 11.8 Å². The number of hydrogen-bond acceptors (Lipinski definition) is 2. The van der Waals surface area contributed by atoms with Crippen LogP contribution in [0.25, 0.3) is 0 Å². The highest BCUT2D eigenvalue weighted by Crippen LogP contribution is 2.41. The molecule has 0 spiro atoms. The number of benzene rings is 1. The Bertz CT molecular complexity index is 515. The number of imide groups is 1. The third kappa shape index (κ3) is 2.34. The van der Waals surface area contributed by atoms with E-state index in [-0.39, 0.29) is 11.8 Å². The molecule has 0 aromatic heterocycles. The molecule has 19 heavy (non-hydrogen) atoms. The summed E-state index contributed by atoms with van der Waals surface area (Å²) in [4.78, 5) is 26.2. The highest BCUT2D eigenvalue weighted by molar-refractivity contribution is 9.10. The molecule has 0 atom stereocenters. The Hall–Kier alpha value is -1.16. The molecule has 1 aromatic rings. The van der Waals surface area contributed by atoms with Gasteiger partial charge in [-0.25, -0.2) is 0 Å². The average molecular weight is 324 g/mol. The molecular weight excluding hydrogens is 306 g/mol. The van der Waals surface area contributed by atoms with Crippen LogP contribution in [-0.4, -0.2) is 11.8 Å². The van der Waals surface area contributed by atoms with Crippen molar-refractivity contribution in [3.05, 3.63) is 28.2 Å². The van der Waals surface area contributed by atoms with E-state index in [1.54, 1.807) is 0 Å². The van der Waals surface area contributed by atoms with E-state index in [1.165, 1.54) is 4.90 Å². The van der Waals surface area contributed by atoms with Crippen molar-refractivity contribution in [1.82, 2.24) is 0 Å². The minimum Gasteiger partial charge on any atom is -0.274 e. The van der Waals surface area contributed by atoms with Gasteiger partial charge in [0.15, 0.2) is 0 Å². The predicted molar refractivity (Wildman–Crippen MR) is 79.0 cm³/mol. The average Bonchev–Trinajstić information content (AvgIpc) is 2.60. The third-order valence-corrected chi connectivity index (χ3v) is 4.49. The summed E-state index contributed by atoms with van der Waals surface area (Å²) in [6.07, 6.45) is 1.74. The van der Waals surface area contributed by atoms with Gasteiger partial charge in [0.25, 0.3) is 0 Å². The van der Waals surface area contributed by atoms with Crippen LogP contribution in [0.1, 0.15) is 38.7 Å². The fraction of sp³-hybridized carbons (Fsp3) is 0.467. The second-order valence-corrected chi connectivity index (χ2v) is 6.10. The van der Waals surface area contributed by atoms with E-state index < -0.39 is 5.41 Å². The summed E-state index contributed by atoms with van der Waals surface area (Å²) >= 11 is 3.41. The second-order valence-electron chi connectivity index (χ2n) is 5.19. The first-order chi connectivity index (χ1) is 8.93. The minimum absolute atomic E-state index is 0.0556. The smallest absolute Gasteiger partial charge is 0.240 e. The van der Waals surface area contributed by atoms with E-state index in [4.69, 9.17) is 0 Å².